The van der Waals surface area contributed by atoms with E-state index in [1.165, 1.54) is 21.0 Å². The first-order valence-corrected chi connectivity index (χ1v) is 23.8. The number of likely N-dealkylation sites (tertiary alicyclic amines) is 1. The molecule has 9 amide bonds. The number of imide groups is 1. The Balaban J connectivity index is 1.60. The molecule has 1 fully saturated rings. The van der Waals surface area contributed by atoms with Crippen LogP contribution in [0.2, 0.25) is 0 Å². The molecule has 1 aromatic carbocycles. The molecule has 0 unspecified atom stereocenters. The minimum atomic E-state index is -1.06. The van der Waals surface area contributed by atoms with Crippen molar-refractivity contribution in [2.75, 3.05) is 73.9 Å². The number of carbonyl (C=O) groups is 9. The average Bonchev–Trinajstić information content (AvgIpc) is 3.91. The van der Waals surface area contributed by atoms with Crippen LogP contribution >= 0.6 is 0 Å². The third-order valence-corrected chi connectivity index (χ3v) is 13.0. The number of rotatable bonds is 26. The van der Waals surface area contributed by atoms with Gasteiger partial charge >= 0.3 is 0 Å². The summed E-state index contributed by atoms with van der Waals surface area (Å²) >= 11 is 0. The maximum Gasteiger partial charge on any atom is 0.254 e. The molecule has 1 saturated heterocycles. The molecule has 2 aliphatic rings. The summed E-state index contributed by atoms with van der Waals surface area (Å²) in [5.41, 5.74) is 1.30. The number of anilines is 1. The molecule has 2 aliphatic heterocycles. The van der Waals surface area contributed by atoms with Gasteiger partial charge in [-0.3, -0.25) is 48.1 Å². The van der Waals surface area contributed by atoms with Crippen molar-refractivity contribution in [2.24, 2.45) is 17.8 Å². The van der Waals surface area contributed by atoms with E-state index in [1.807, 2.05) is 33.8 Å². The van der Waals surface area contributed by atoms with Gasteiger partial charge in [-0.1, -0.05) is 53.2 Å². The summed E-state index contributed by atoms with van der Waals surface area (Å²) in [5, 5.41) is 10.7. The maximum absolute atomic E-state index is 14.3. The van der Waals surface area contributed by atoms with Crippen LogP contribution in [0.5, 0.6) is 0 Å². The zero-order valence-corrected chi connectivity index (χ0v) is 42.8. The van der Waals surface area contributed by atoms with Crippen molar-refractivity contribution in [3.63, 3.8) is 0 Å². The fraction of sp³-hybridized carbons (Fsp3) is 0.653. The summed E-state index contributed by atoms with van der Waals surface area (Å²) in [5.74, 6) is -4.83. The van der Waals surface area contributed by atoms with Gasteiger partial charge in [-0.05, 0) is 76.7 Å². The second kappa shape index (κ2) is 26.9. The van der Waals surface area contributed by atoms with E-state index in [0.29, 0.717) is 38.0 Å². The smallest absolute Gasteiger partial charge is 0.254 e. The third-order valence-electron chi connectivity index (χ3n) is 13.0. The van der Waals surface area contributed by atoms with Gasteiger partial charge < -0.3 is 50.3 Å². The summed E-state index contributed by atoms with van der Waals surface area (Å²) in [6.07, 6.45) is 3.36. The number of hydrogen-bond donors (Lipinski definition) is 4. The monoisotopic (exact) mass is 968 g/mol. The molecular weight excluding hydrogens is 891 g/mol. The standard InChI is InChI=1S/C49H77N9O11/c1-14-30(4)44(56(11)49(67)43(29(2)3)53-38(59)27-54(8)9)37(68-12)26-42(63)57-23-16-19-36(57)45(69-13)31(5)48(66)55(10)24-22-34-17-15-18-35(25-34)52-47(65)33(7)51-46(64)32(6)50-39(60)28-58-40(61)20-21-41(58)62/h15,17-18,20-21,25,29-33,36-37,43-45H,14,16,19,22-24,26-28H2,1-13H3,(H,50,60)(H,51,64)(H,52,65)(H,53,59)/t30-,31+,32-,33-,36-,37+,43-,44-,45+/m0/s1. The summed E-state index contributed by atoms with van der Waals surface area (Å²) in [6.45, 7) is 12.9. The van der Waals surface area contributed by atoms with Gasteiger partial charge in [0.05, 0.1) is 43.2 Å². The van der Waals surface area contributed by atoms with Crippen LogP contribution in [0.4, 0.5) is 5.69 Å². The molecular formula is C49H77N9O11. The van der Waals surface area contributed by atoms with E-state index in [2.05, 4.69) is 21.3 Å². The Labute approximate surface area is 407 Å². The lowest BCUT2D eigenvalue weighted by molar-refractivity contribution is -0.149. The highest BCUT2D eigenvalue weighted by molar-refractivity contribution is 6.14. The minimum Gasteiger partial charge on any atom is -0.379 e. The molecule has 0 saturated carbocycles. The van der Waals surface area contributed by atoms with E-state index >= 15 is 0 Å². The lowest BCUT2D eigenvalue weighted by Gasteiger charge is -2.41. The number of amides is 9. The predicted molar refractivity (Wildman–Crippen MR) is 259 cm³/mol. The quantitative estimate of drug-likeness (QED) is 0.0959. The molecule has 0 aromatic heterocycles. The normalized spacial score (nSPS) is 18.2. The van der Waals surface area contributed by atoms with Crippen molar-refractivity contribution in [1.82, 2.24) is 40.4 Å². The second-order valence-corrected chi connectivity index (χ2v) is 18.9. The van der Waals surface area contributed by atoms with Gasteiger partial charge in [-0.2, -0.15) is 0 Å². The lowest BCUT2D eigenvalue weighted by atomic mass is 9.89. The van der Waals surface area contributed by atoms with E-state index in [9.17, 15) is 43.2 Å². The van der Waals surface area contributed by atoms with Crippen molar-refractivity contribution in [1.29, 1.82) is 0 Å². The highest BCUT2D eigenvalue weighted by atomic mass is 16.5. The topological polar surface area (TPSA) is 236 Å². The first-order valence-electron chi connectivity index (χ1n) is 23.8. The Kier molecular flexibility index (Phi) is 22.4. The Bertz CT molecular complexity index is 2010. The van der Waals surface area contributed by atoms with E-state index in [4.69, 9.17) is 9.47 Å². The second-order valence-electron chi connectivity index (χ2n) is 18.9. The van der Waals surface area contributed by atoms with Gasteiger partial charge in [0.15, 0.2) is 0 Å². The fourth-order valence-corrected chi connectivity index (χ4v) is 8.83. The zero-order chi connectivity index (χ0) is 51.9. The first kappa shape index (κ1) is 57.6. The number of ether oxygens (including phenoxy) is 2. The number of methoxy groups -OCH3 is 2. The third kappa shape index (κ3) is 16.2. The number of likely N-dealkylation sites (N-methyl/N-ethyl adjacent to an activating group) is 3. The molecule has 2 heterocycles. The minimum absolute atomic E-state index is 0.00332. The number of carbonyl (C=O) groups excluding carboxylic acids is 9. The molecule has 3 rings (SSSR count). The Hall–Kier alpha value is -5.73. The van der Waals surface area contributed by atoms with Gasteiger partial charge in [0.1, 0.15) is 24.7 Å². The molecule has 9 atom stereocenters. The van der Waals surface area contributed by atoms with Crippen LogP contribution in [0.15, 0.2) is 36.4 Å². The van der Waals surface area contributed by atoms with Crippen molar-refractivity contribution in [3.05, 3.63) is 42.0 Å². The number of nitrogens with one attached hydrogen (secondary N) is 4. The van der Waals surface area contributed by atoms with Crippen LogP contribution in [-0.2, 0) is 59.0 Å². The molecule has 0 radical (unpaired) electrons. The number of nitrogens with zero attached hydrogens (tertiary/aromatic N) is 5. The van der Waals surface area contributed by atoms with Gasteiger partial charge in [0.25, 0.3) is 11.8 Å². The highest BCUT2D eigenvalue weighted by Gasteiger charge is 2.43. The van der Waals surface area contributed by atoms with Gasteiger partial charge in [-0.25, -0.2) is 0 Å². The number of benzene rings is 1. The van der Waals surface area contributed by atoms with Crippen LogP contribution in [0.3, 0.4) is 0 Å². The largest absolute Gasteiger partial charge is 0.379 e. The molecule has 4 N–H and O–H groups in total. The Morgan fingerprint density at radius 2 is 1.45 bits per heavy atom. The van der Waals surface area contributed by atoms with E-state index in [-0.39, 0.29) is 54.5 Å². The van der Waals surface area contributed by atoms with E-state index < -0.39 is 78.4 Å². The lowest BCUT2D eigenvalue weighted by Crippen LogP contribution is -2.58. The summed E-state index contributed by atoms with van der Waals surface area (Å²) in [4.78, 5) is 124. The first-order chi connectivity index (χ1) is 32.4. The average molecular weight is 968 g/mol. The molecule has 69 heavy (non-hydrogen) atoms. The van der Waals surface area contributed by atoms with Crippen LogP contribution in [-0.4, -0.2) is 189 Å². The SMILES string of the molecule is CC[C@H](C)[C@@H]([C@@H](CC(=O)N1CCC[C@H]1[C@H](OC)[C@@H](C)C(=O)N(C)CCc1cccc(NC(=O)[C@H](C)NC(=O)[C@H](C)NC(=O)CN2C(=O)C=CC2=O)c1)OC)N(C)C(=O)[C@@H](NC(=O)CN(C)C)C(C)C. The van der Waals surface area contributed by atoms with Crippen LogP contribution in [0.25, 0.3) is 0 Å². The van der Waals surface area contributed by atoms with E-state index in [0.717, 1.165) is 29.0 Å². The molecule has 384 valence electrons. The highest BCUT2D eigenvalue weighted by Crippen LogP contribution is 2.30. The molecule has 0 spiro atoms. The molecule has 0 aliphatic carbocycles. The summed E-state index contributed by atoms with van der Waals surface area (Å²) in [6, 6.07) is 3.42. The van der Waals surface area contributed by atoms with Crippen molar-refractivity contribution < 1.29 is 52.6 Å². The van der Waals surface area contributed by atoms with Gasteiger partial charge in [0.2, 0.25) is 41.4 Å². The van der Waals surface area contributed by atoms with Crippen molar-refractivity contribution in [3.8, 4) is 0 Å². The Morgan fingerprint density at radius 3 is 2.03 bits per heavy atom. The molecule has 1 aromatic rings. The maximum atomic E-state index is 14.3. The predicted octanol–water partition coefficient (Wildman–Crippen LogP) is 1.18. The molecule has 0 bridgehead atoms. The zero-order valence-electron chi connectivity index (χ0n) is 42.8. The summed E-state index contributed by atoms with van der Waals surface area (Å²) in [7, 11) is 10.1. The van der Waals surface area contributed by atoms with Gasteiger partial charge in [0, 0.05) is 59.2 Å². The van der Waals surface area contributed by atoms with Crippen LogP contribution in [0, 0.1) is 17.8 Å². The molecule has 20 heteroatoms. The molecule has 20 nitrogen and oxygen atoms in total. The van der Waals surface area contributed by atoms with Crippen LogP contribution < -0.4 is 21.3 Å². The number of hydrogen-bond acceptors (Lipinski definition) is 12. The van der Waals surface area contributed by atoms with Crippen molar-refractivity contribution in [2.45, 2.75) is 123 Å². The van der Waals surface area contributed by atoms with Gasteiger partial charge in [-0.15, -0.1) is 0 Å². The van der Waals surface area contributed by atoms with Crippen molar-refractivity contribution >= 4 is 58.9 Å². The Morgan fingerprint density at radius 1 is 0.812 bits per heavy atom. The van der Waals surface area contributed by atoms with E-state index in [1.54, 1.807) is 80.0 Å². The summed E-state index contributed by atoms with van der Waals surface area (Å²) < 4.78 is 12.0. The van der Waals surface area contributed by atoms with Crippen LogP contribution in [0.1, 0.15) is 79.7 Å². The fourth-order valence-electron chi connectivity index (χ4n) is 8.83.